The Bertz CT molecular complexity index is 632. The van der Waals surface area contributed by atoms with Gasteiger partial charge < -0.3 is 10.1 Å². The van der Waals surface area contributed by atoms with Crippen LogP contribution in [-0.4, -0.2) is 18.8 Å². The predicted molar refractivity (Wildman–Crippen MR) is 78.7 cm³/mol. The first-order chi connectivity index (χ1) is 10.1. The van der Waals surface area contributed by atoms with Gasteiger partial charge in [0.1, 0.15) is 5.82 Å². The van der Waals surface area contributed by atoms with Crippen molar-refractivity contribution < 1.29 is 18.3 Å². The molecule has 1 amide bonds. The Labute approximate surface area is 125 Å². The molecule has 3 nitrogen and oxygen atoms in total. The smallest absolute Gasteiger partial charge is 0.262 e. The van der Waals surface area contributed by atoms with Crippen LogP contribution in [0.4, 0.5) is 14.5 Å². The van der Waals surface area contributed by atoms with Crippen molar-refractivity contribution in [1.29, 1.82) is 0 Å². The van der Waals surface area contributed by atoms with E-state index < -0.39 is 17.5 Å². The van der Waals surface area contributed by atoms with Crippen LogP contribution in [0.3, 0.4) is 0 Å². The summed E-state index contributed by atoms with van der Waals surface area (Å²) < 4.78 is 31.0. The third-order valence-corrected chi connectivity index (χ3v) is 3.37. The molecule has 1 N–H and O–H groups in total. The van der Waals surface area contributed by atoms with Crippen molar-refractivity contribution >= 4 is 23.4 Å². The number of anilines is 1. The zero-order valence-corrected chi connectivity index (χ0v) is 12.0. The molecule has 0 atom stereocenters. The zero-order chi connectivity index (χ0) is 15.2. The summed E-state index contributed by atoms with van der Waals surface area (Å²) in [5.74, 6) is -2.12. The van der Waals surface area contributed by atoms with E-state index in [9.17, 15) is 13.6 Å². The summed E-state index contributed by atoms with van der Waals surface area (Å²) in [6.45, 7) is -0.354. The van der Waals surface area contributed by atoms with Crippen molar-refractivity contribution in [2.24, 2.45) is 0 Å². The molecule has 0 spiro atoms. The molecule has 0 aliphatic carbocycles. The molecule has 0 saturated carbocycles. The van der Waals surface area contributed by atoms with Crippen LogP contribution < -0.4 is 10.1 Å². The van der Waals surface area contributed by atoms with E-state index in [0.717, 1.165) is 17.0 Å². The van der Waals surface area contributed by atoms with Gasteiger partial charge in [-0.2, -0.15) is 0 Å². The largest absolute Gasteiger partial charge is 0.481 e. The number of benzene rings is 2. The number of rotatable bonds is 5. The van der Waals surface area contributed by atoms with E-state index in [2.05, 4.69) is 5.32 Å². The van der Waals surface area contributed by atoms with E-state index in [-0.39, 0.29) is 12.4 Å². The molecule has 6 heteroatoms. The van der Waals surface area contributed by atoms with E-state index in [1.165, 1.54) is 0 Å². The van der Waals surface area contributed by atoms with Gasteiger partial charge in [0.2, 0.25) is 0 Å². The number of carbonyl (C=O) groups is 1. The van der Waals surface area contributed by atoms with E-state index in [1.54, 1.807) is 23.9 Å². The summed E-state index contributed by atoms with van der Waals surface area (Å²) in [5.41, 5.74) is 0.626. The summed E-state index contributed by atoms with van der Waals surface area (Å²) in [4.78, 5) is 12.8. The topological polar surface area (TPSA) is 38.3 Å². The zero-order valence-electron chi connectivity index (χ0n) is 11.2. The van der Waals surface area contributed by atoms with Gasteiger partial charge >= 0.3 is 0 Å². The highest BCUT2D eigenvalue weighted by Gasteiger charge is 2.08. The summed E-state index contributed by atoms with van der Waals surface area (Å²) in [5, 5.41) is 2.62. The van der Waals surface area contributed by atoms with Crippen LogP contribution >= 0.6 is 11.8 Å². The molecule has 0 aliphatic heterocycles. The number of hydrogen-bond acceptors (Lipinski definition) is 3. The molecule has 2 aromatic rings. The van der Waals surface area contributed by atoms with Crippen LogP contribution in [0.25, 0.3) is 0 Å². The third kappa shape index (κ3) is 4.46. The van der Waals surface area contributed by atoms with Crippen LogP contribution in [0.5, 0.6) is 5.75 Å². The summed E-state index contributed by atoms with van der Waals surface area (Å²) >= 11 is 1.60. The summed E-state index contributed by atoms with van der Waals surface area (Å²) in [6.07, 6.45) is 1.96. The molecular formula is C15H13F2NO2S. The van der Waals surface area contributed by atoms with E-state index in [1.807, 2.05) is 18.4 Å². The molecule has 0 aliphatic rings. The number of ether oxygens (including phenoxy) is 1. The van der Waals surface area contributed by atoms with Crippen molar-refractivity contribution in [2.45, 2.75) is 4.90 Å². The lowest BCUT2D eigenvalue weighted by atomic mass is 10.3. The number of amides is 1. The van der Waals surface area contributed by atoms with Crippen molar-refractivity contribution in [3.05, 3.63) is 54.1 Å². The van der Waals surface area contributed by atoms with Gasteiger partial charge in [-0.25, -0.2) is 8.78 Å². The minimum Gasteiger partial charge on any atom is -0.481 e. The highest BCUT2D eigenvalue weighted by molar-refractivity contribution is 7.98. The maximum atomic E-state index is 13.3. The molecular weight excluding hydrogens is 296 g/mol. The Hall–Kier alpha value is -2.08. The molecule has 0 heterocycles. The van der Waals surface area contributed by atoms with Gasteiger partial charge in [0.05, 0.1) is 0 Å². The normalized spacial score (nSPS) is 10.2. The molecule has 2 aromatic carbocycles. The SMILES string of the molecule is CSc1ccc(NC(=O)COc2ccc(F)cc2F)cc1. The highest BCUT2D eigenvalue weighted by Crippen LogP contribution is 2.19. The second kappa shape index (κ2) is 7.08. The maximum absolute atomic E-state index is 13.3. The summed E-state index contributed by atoms with van der Waals surface area (Å²) in [6, 6.07) is 10.2. The number of thioether (sulfide) groups is 1. The Morgan fingerprint density at radius 2 is 1.90 bits per heavy atom. The van der Waals surface area contributed by atoms with Gasteiger partial charge in [-0.1, -0.05) is 0 Å². The monoisotopic (exact) mass is 309 g/mol. The van der Waals surface area contributed by atoms with Gasteiger partial charge in [0.15, 0.2) is 18.2 Å². The van der Waals surface area contributed by atoms with Gasteiger partial charge in [-0.15, -0.1) is 11.8 Å². The molecule has 21 heavy (non-hydrogen) atoms. The average Bonchev–Trinajstić information content (AvgIpc) is 2.47. The van der Waals surface area contributed by atoms with Gasteiger partial charge in [-0.05, 0) is 42.7 Å². The number of halogens is 2. The Balaban J connectivity index is 1.89. The van der Waals surface area contributed by atoms with Crippen molar-refractivity contribution in [2.75, 3.05) is 18.2 Å². The molecule has 0 radical (unpaired) electrons. The summed E-state index contributed by atoms with van der Waals surface area (Å²) in [7, 11) is 0. The van der Waals surface area contributed by atoms with Crippen LogP contribution in [-0.2, 0) is 4.79 Å². The molecule has 0 saturated heterocycles. The average molecular weight is 309 g/mol. The highest BCUT2D eigenvalue weighted by atomic mass is 32.2. The van der Waals surface area contributed by atoms with Crippen LogP contribution in [0, 0.1) is 11.6 Å². The van der Waals surface area contributed by atoms with E-state index in [0.29, 0.717) is 11.8 Å². The van der Waals surface area contributed by atoms with Crippen molar-refractivity contribution in [1.82, 2.24) is 0 Å². The van der Waals surface area contributed by atoms with Crippen molar-refractivity contribution in [3.63, 3.8) is 0 Å². The number of nitrogens with one attached hydrogen (secondary N) is 1. The fraction of sp³-hybridized carbons (Fsp3) is 0.133. The molecule has 0 unspecified atom stereocenters. The second-order valence-electron chi connectivity index (χ2n) is 4.14. The van der Waals surface area contributed by atoms with Gasteiger partial charge in [0.25, 0.3) is 5.91 Å². The van der Waals surface area contributed by atoms with Crippen LogP contribution in [0.2, 0.25) is 0 Å². The maximum Gasteiger partial charge on any atom is 0.262 e. The third-order valence-electron chi connectivity index (χ3n) is 2.63. The molecule has 110 valence electrons. The Morgan fingerprint density at radius 1 is 1.19 bits per heavy atom. The fourth-order valence-electron chi connectivity index (χ4n) is 1.61. The minimum absolute atomic E-state index is 0.163. The van der Waals surface area contributed by atoms with Crippen LogP contribution in [0.15, 0.2) is 47.4 Å². The number of hydrogen-bond donors (Lipinski definition) is 1. The Kier molecular flexibility index (Phi) is 5.16. The second-order valence-corrected chi connectivity index (χ2v) is 5.02. The lowest BCUT2D eigenvalue weighted by Gasteiger charge is -2.08. The molecule has 0 aromatic heterocycles. The molecule has 0 fully saturated rings. The lowest BCUT2D eigenvalue weighted by molar-refractivity contribution is -0.118. The van der Waals surface area contributed by atoms with E-state index in [4.69, 9.17) is 4.74 Å². The first kappa shape index (κ1) is 15.3. The van der Waals surface area contributed by atoms with Gasteiger partial charge in [-0.3, -0.25) is 4.79 Å². The standard InChI is InChI=1S/C15H13F2NO2S/c1-21-12-5-3-11(4-6-12)18-15(19)9-20-14-7-2-10(16)8-13(14)17/h2-8H,9H2,1H3,(H,18,19). The molecule has 0 bridgehead atoms. The molecule has 2 rings (SSSR count). The number of carbonyl (C=O) groups excluding carboxylic acids is 1. The minimum atomic E-state index is -0.841. The first-order valence-corrected chi connectivity index (χ1v) is 7.32. The lowest BCUT2D eigenvalue weighted by Crippen LogP contribution is -2.20. The quantitative estimate of drug-likeness (QED) is 0.856. The first-order valence-electron chi connectivity index (χ1n) is 6.10. The Morgan fingerprint density at radius 3 is 2.52 bits per heavy atom. The predicted octanol–water partition coefficient (Wildman–Crippen LogP) is 3.70. The van der Waals surface area contributed by atoms with Gasteiger partial charge in [0, 0.05) is 16.6 Å². The van der Waals surface area contributed by atoms with Crippen molar-refractivity contribution in [3.8, 4) is 5.75 Å². The van der Waals surface area contributed by atoms with Crippen LogP contribution in [0.1, 0.15) is 0 Å². The fourth-order valence-corrected chi connectivity index (χ4v) is 2.02. The van der Waals surface area contributed by atoms with E-state index >= 15 is 0 Å².